The predicted molar refractivity (Wildman–Crippen MR) is 47.7 cm³/mol. The van der Waals surface area contributed by atoms with Crippen molar-refractivity contribution in [3.63, 3.8) is 0 Å². The first-order valence-corrected chi connectivity index (χ1v) is 4.26. The van der Waals surface area contributed by atoms with Crippen molar-refractivity contribution in [2.75, 3.05) is 0 Å². The molecule has 1 aliphatic rings. The van der Waals surface area contributed by atoms with E-state index in [1.165, 1.54) is 6.42 Å². The smallest absolute Gasteiger partial charge is 0.166 e. The van der Waals surface area contributed by atoms with Crippen LogP contribution in [0.25, 0.3) is 0 Å². The minimum absolute atomic E-state index is 0.0177. The first-order chi connectivity index (χ1) is 6.57. The zero-order valence-electron chi connectivity index (χ0n) is 7.31. The highest BCUT2D eigenvalue weighted by atomic mass is 19.4. The van der Waals surface area contributed by atoms with E-state index in [0.29, 0.717) is 0 Å². The van der Waals surface area contributed by atoms with Crippen molar-refractivity contribution < 1.29 is 13.2 Å². The van der Waals surface area contributed by atoms with E-state index in [4.69, 9.17) is 0 Å². The first-order valence-electron chi connectivity index (χ1n) is 4.26. The van der Waals surface area contributed by atoms with Crippen LogP contribution in [0.4, 0.5) is 13.2 Å². The molecule has 0 nitrogen and oxygen atoms in total. The van der Waals surface area contributed by atoms with Crippen molar-refractivity contribution in [1.29, 1.82) is 0 Å². The average molecular weight is 197 g/mol. The van der Waals surface area contributed by atoms with E-state index < -0.39 is 11.7 Å². The van der Waals surface area contributed by atoms with Crippen LogP contribution in [-0.2, 0) is 6.42 Å². The molecule has 0 saturated heterocycles. The van der Waals surface area contributed by atoms with Crippen LogP contribution in [0.5, 0.6) is 0 Å². The Morgan fingerprint density at radius 3 is 2.50 bits per heavy atom. The second-order valence-electron chi connectivity index (χ2n) is 3.23. The number of rotatable bonds is 0. The van der Waals surface area contributed by atoms with Gasteiger partial charge in [-0.2, -0.15) is 13.2 Å². The summed E-state index contributed by atoms with van der Waals surface area (Å²) >= 11 is 0. The van der Waals surface area contributed by atoms with Gasteiger partial charge in [-0.05, 0) is 11.1 Å². The summed E-state index contributed by atoms with van der Waals surface area (Å²) in [6, 6.07) is 7.12. The van der Waals surface area contributed by atoms with Crippen molar-refractivity contribution in [3.8, 4) is 0 Å². The maximum atomic E-state index is 12.3. The van der Waals surface area contributed by atoms with E-state index in [-0.39, 0.29) is 6.42 Å². The van der Waals surface area contributed by atoms with Crippen LogP contribution in [0.15, 0.2) is 35.9 Å². The zero-order chi connectivity index (χ0) is 10.2. The van der Waals surface area contributed by atoms with Gasteiger partial charge in [0.15, 0.2) is 0 Å². The average Bonchev–Trinajstić information content (AvgIpc) is 2.16. The largest absolute Gasteiger partial charge is 0.412 e. The molecule has 0 aliphatic heterocycles. The van der Waals surface area contributed by atoms with E-state index in [9.17, 15) is 13.2 Å². The highest BCUT2D eigenvalue weighted by molar-refractivity contribution is 5.44. The molecule has 0 heterocycles. The minimum Gasteiger partial charge on any atom is -0.166 e. The molecular formula is C11H8F3. The van der Waals surface area contributed by atoms with Crippen LogP contribution >= 0.6 is 0 Å². The number of benzene rings is 1. The maximum Gasteiger partial charge on any atom is 0.412 e. The van der Waals surface area contributed by atoms with Gasteiger partial charge < -0.3 is 0 Å². The fraction of sp³-hybridized carbons (Fsp3) is 0.182. The van der Waals surface area contributed by atoms with Crippen molar-refractivity contribution in [2.24, 2.45) is 0 Å². The van der Waals surface area contributed by atoms with Crippen molar-refractivity contribution in [3.05, 3.63) is 53.5 Å². The van der Waals surface area contributed by atoms with Crippen LogP contribution < -0.4 is 0 Å². The highest BCUT2D eigenvalue weighted by Crippen LogP contribution is 2.33. The highest BCUT2D eigenvalue weighted by Gasteiger charge is 2.34. The van der Waals surface area contributed by atoms with Gasteiger partial charge in [0.05, 0.1) is 0 Å². The topological polar surface area (TPSA) is 0 Å². The van der Waals surface area contributed by atoms with Crippen molar-refractivity contribution >= 4 is 0 Å². The lowest BCUT2D eigenvalue weighted by atomic mass is 9.91. The Morgan fingerprint density at radius 2 is 1.79 bits per heavy atom. The molecule has 1 aromatic rings. The zero-order valence-corrected chi connectivity index (χ0v) is 7.31. The molecule has 0 unspecified atom stereocenters. The lowest BCUT2D eigenvalue weighted by Crippen LogP contribution is -2.17. The third-order valence-electron chi connectivity index (χ3n) is 2.26. The molecule has 14 heavy (non-hydrogen) atoms. The van der Waals surface area contributed by atoms with Gasteiger partial charge in [-0.15, -0.1) is 0 Å². The molecule has 0 N–H and O–H groups in total. The van der Waals surface area contributed by atoms with Crippen LogP contribution in [0, 0.1) is 6.42 Å². The molecule has 0 spiro atoms. The van der Waals surface area contributed by atoms with Crippen LogP contribution in [0.3, 0.4) is 0 Å². The second-order valence-corrected chi connectivity index (χ2v) is 3.23. The van der Waals surface area contributed by atoms with E-state index in [1.54, 1.807) is 12.1 Å². The number of hydrogen-bond donors (Lipinski definition) is 0. The van der Waals surface area contributed by atoms with Crippen molar-refractivity contribution in [2.45, 2.75) is 12.6 Å². The van der Waals surface area contributed by atoms with Gasteiger partial charge in [0.2, 0.25) is 0 Å². The Balaban J connectivity index is 2.30. The monoisotopic (exact) mass is 197 g/mol. The molecule has 2 rings (SSSR count). The van der Waals surface area contributed by atoms with Gasteiger partial charge >= 0.3 is 6.18 Å². The molecule has 1 radical (unpaired) electrons. The molecule has 0 amide bonds. The second kappa shape index (κ2) is 3.15. The normalized spacial score (nSPS) is 16.1. The Labute approximate surface area is 80.1 Å². The van der Waals surface area contributed by atoms with Gasteiger partial charge in [0.25, 0.3) is 0 Å². The van der Waals surface area contributed by atoms with Crippen molar-refractivity contribution in [1.82, 2.24) is 0 Å². The van der Waals surface area contributed by atoms with Gasteiger partial charge in [-0.1, -0.05) is 30.3 Å². The fourth-order valence-electron chi connectivity index (χ4n) is 1.51. The minimum atomic E-state index is -4.20. The van der Waals surface area contributed by atoms with Gasteiger partial charge in [-0.3, -0.25) is 0 Å². The molecular weight excluding hydrogens is 189 g/mol. The summed E-state index contributed by atoms with van der Waals surface area (Å²) in [5, 5.41) is 0. The summed E-state index contributed by atoms with van der Waals surface area (Å²) in [6.45, 7) is 0. The standard InChI is InChI=1S/C11H8F3/c12-11(13,14)10-6-5-8-3-1-2-4-9(8)7-10/h1-6H,7H2. The molecule has 73 valence electrons. The Morgan fingerprint density at radius 1 is 1.07 bits per heavy atom. The molecule has 1 aromatic carbocycles. The summed E-state index contributed by atoms with van der Waals surface area (Å²) in [5.74, 6) is 0. The molecule has 1 aliphatic carbocycles. The van der Waals surface area contributed by atoms with Gasteiger partial charge in [0.1, 0.15) is 0 Å². The molecule has 3 heteroatoms. The van der Waals surface area contributed by atoms with E-state index in [1.807, 2.05) is 12.1 Å². The van der Waals surface area contributed by atoms with Gasteiger partial charge in [0, 0.05) is 18.4 Å². The number of hydrogen-bond acceptors (Lipinski definition) is 0. The van der Waals surface area contributed by atoms with E-state index in [0.717, 1.165) is 17.2 Å². The fourth-order valence-corrected chi connectivity index (χ4v) is 1.51. The molecule has 0 aromatic heterocycles. The number of alkyl halides is 3. The molecule has 0 saturated carbocycles. The first kappa shape index (κ1) is 9.31. The van der Waals surface area contributed by atoms with E-state index in [2.05, 4.69) is 0 Å². The Bertz CT molecular complexity index is 374. The lowest BCUT2D eigenvalue weighted by Gasteiger charge is -2.18. The van der Waals surface area contributed by atoms with Crippen LogP contribution in [0.1, 0.15) is 11.1 Å². The lowest BCUT2D eigenvalue weighted by molar-refractivity contribution is -0.0933. The molecule has 0 fully saturated rings. The van der Waals surface area contributed by atoms with Crippen LogP contribution in [-0.4, -0.2) is 6.18 Å². The summed E-state index contributed by atoms with van der Waals surface area (Å²) < 4.78 is 37.0. The summed E-state index contributed by atoms with van der Waals surface area (Å²) in [7, 11) is 0. The maximum absolute atomic E-state index is 12.3. The third kappa shape index (κ3) is 1.67. The number of allylic oxidation sites excluding steroid dienone is 2. The van der Waals surface area contributed by atoms with E-state index >= 15 is 0 Å². The quantitative estimate of drug-likeness (QED) is 0.598. The number of fused-ring (bicyclic) bond motifs is 1. The predicted octanol–water partition coefficient (Wildman–Crippen LogP) is 3.28. The Hall–Kier alpha value is -1.25. The summed E-state index contributed by atoms with van der Waals surface area (Å²) in [6.07, 6.45) is -1.55. The summed E-state index contributed by atoms with van der Waals surface area (Å²) in [4.78, 5) is 0. The summed E-state index contributed by atoms with van der Waals surface area (Å²) in [5.41, 5.74) is 1.14. The molecule has 0 atom stereocenters. The van der Waals surface area contributed by atoms with Crippen LogP contribution in [0.2, 0.25) is 0 Å². The molecule has 0 bridgehead atoms. The Kier molecular flexibility index (Phi) is 2.10. The SMILES string of the molecule is FC(F)(F)C1=C[CH]c2ccccc2C1. The van der Waals surface area contributed by atoms with Gasteiger partial charge in [-0.25, -0.2) is 0 Å². The third-order valence-corrected chi connectivity index (χ3v) is 2.26. The number of halogens is 3.